The van der Waals surface area contributed by atoms with Crippen LogP contribution in [-0.2, 0) is 10.0 Å². The molecular weight excluding hydrogens is 423 g/mol. The highest BCUT2D eigenvalue weighted by atomic mass is 32.2. The number of hydrogen-bond donors (Lipinski definition) is 2. The molecule has 0 spiro atoms. The maximum absolute atomic E-state index is 13.9. The van der Waals surface area contributed by atoms with Crippen LogP contribution in [0, 0.1) is 5.82 Å². The predicted octanol–water partition coefficient (Wildman–Crippen LogP) is 3.63. The van der Waals surface area contributed by atoms with Crippen molar-refractivity contribution in [1.29, 1.82) is 0 Å². The number of carbonyl (C=O) groups is 1. The van der Waals surface area contributed by atoms with Crippen LogP contribution < -0.4 is 9.46 Å². The van der Waals surface area contributed by atoms with E-state index in [2.05, 4.69) is 9.62 Å². The van der Waals surface area contributed by atoms with E-state index in [1.807, 2.05) is 13.8 Å². The van der Waals surface area contributed by atoms with Crippen molar-refractivity contribution < 1.29 is 27.4 Å². The van der Waals surface area contributed by atoms with Gasteiger partial charge in [-0.25, -0.2) is 17.6 Å². The second-order valence-corrected chi connectivity index (χ2v) is 9.74. The van der Waals surface area contributed by atoms with E-state index in [1.54, 1.807) is 6.07 Å². The lowest BCUT2D eigenvalue weighted by Gasteiger charge is -2.39. The number of hydrogen-bond acceptors (Lipinski definition) is 5. The molecule has 0 radical (unpaired) electrons. The standard InChI is InChI=1S/C22H25FN2O5S/c1-3-25-11-14(12-25)17-10-15(23)4-7-19(17)31(28,29)24-18-6-5-16-13(2)8-9-30-21(16)20(18)22(26)27/h4-7,10,13-14,24H,3,8-9,11-12H2,1-2H3,(H,26,27). The molecule has 0 saturated carbocycles. The van der Waals surface area contributed by atoms with Crippen molar-refractivity contribution in [1.82, 2.24) is 4.90 Å². The number of benzene rings is 2. The van der Waals surface area contributed by atoms with E-state index < -0.39 is 21.8 Å². The van der Waals surface area contributed by atoms with E-state index in [9.17, 15) is 22.7 Å². The van der Waals surface area contributed by atoms with Crippen LogP contribution >= 0.6 is 0 Å². The van der Waals surface area contributed by atoms with Crippen molar-refractivity contribution in [3.05, 3.63) is 52.8 Å². The molecule has 2 N–H and O–H groups in total. The molecule has 2 aliphatic heterocycles. The van der Waals surface area contributed by atoms with Crippen LogP contribution in [0.3, 0.4) is 0 Å². The van der Waals surface area contributed by atoms with E-state index in [0.717, 1.165) is 24.6 Å². The summed E-state index contributed by atoms with van der Waals surface area (Å²) >= 11 is 0. The first-order valence-electron chi connectivity index (χ1n) is 10.3. The molecule has 0 aliphatic carbocycles. The fraction of sp³-hybridized carbons (Fsp3) is 0.409. The molecule has 4 rings (SSSR count). The van der Waals surface area contributed by atoms with Crippen LogP contribution in [-0.4, -0.2) is 50.6 Å². The lowest BCUT2D eigenvalue weighted by molar-refractivity contribution is 0.0692. The van der Waals surface area contributed by atoms with Crippen LogP contribution in [0.15, 0.2) is 35.2 Å². The van der Waals surface area contributed by atoms with Gasteiger partial charge in [-0.1, -0.05) is 19.9 Å². The smallest absolute Gasteiger partial charge is 0.341 e. The first kappa shape index (κ1) is 21.6. The third kappa shape index (κ3) is 3.99. The number of aromatic carboxylic acids is 1. The number of rotatable bonds is 6. The summed E-state index contributed by atoms with van der Waals surface area (Å²) in [6.07, 6.45) is 0.756. The maximum Gasteiger partial charge on any atom is 0.341 e. The summed E-state index contributed by atoms with van der Waals surface area (Å²) in [5.41, 5.74) is 0.858. The summed E-state index contributed by atoms with van der Waals surface area (Å²) in [5, 5.41) is 9.79. The highest BCUT2D eigenvalue weighted by molar-refractivity contribution is 7.92. The molecule has 1 atom stereocenters. The van der Waals surface area contributed by atoms with Crippen molar-refractivity contribution >= 4 is 21.7 Å². The summed E-state index contributed by atoms with van der Waals surface area (Å²) in [6.45, 7) is 6.47. The summed E-state index contributed by atoms with van der Waals surface area (Å²) in [6, 6.07) is 6.74. The first-order chi connectivity index (χ1) is 14.7. The molecule has 0 bridgehead atoms. The molecule has 7 nitrogen and oxygen atoms in total. The Morgan fingerprint density at radius 3 is 2.68 bits per heavy atom. The van der Waals surface area contributed by atoms with Crippen LogP contribution in [0.1, 0.15) is 53.6 Å². The molecule has 166 valence electrons. The first-order valence-corrected chi connectivity index (χ1v) is 11.8. The lowest BCUT2D eigenvalue weighted by Crippen LogP contribution is -2.45. The van der Waals surface area contributed by atoms with Gasteiger partial charge in [0.1, 0.15) is 17.1 Å². The number of ether oxygens (including phenoxy) is 1. The van der Waals surface area contributed by atoms with Gasteiger partial charge in [0.2, 0.25) is 0 Å². The highest BCUT2D eigenvalue weighted by Gasteiger charge is 2.33. The molecule has 2 heterocycles. The Balaban J connectivity index is 1.73. The number of nitrogens with zero attached hydrogens (tertiary/aromatic N) is 1. The maximum atomic E-state index is 13.9. The van der Waals surface area contributed by atoms with Crippen molar-refractivity contribution in [2.75, 3.05) is 31.0 Å². The third-order valence-electron chi connectivity index (χ3n) is 6.08. The molecule has 0 aromatic heterocycles. The van der Waals surface area contributed by atoms with Gasteiger partial charge in [-0.15, -0.1) is 0 Å². The number of likely N-dealkylation sites (N-methyl/N-ethyl adjacent to an activating group) is 1. The molecule has 1 saturated heterocycles. The van der Waals surface area contributed by atoms with E-state index in [1.165, 1.54) is 18.2 Å². The number of sulfonamides is 1. The van der Waals surface area contributed by atoms with Crippen LogP contribution in [0.4, 0.5) is 10.1 Å². The fourth-order valence-electron chi connectivity index (χ4n) is 4.24. The van der Waals surface area contributed by atoms with Gasteiger partial charge in [0.05, 0.1) is 17.2 Å². The van der Waals surface area contributed by atoms with Crippen LogP contribution in [0.5, 0.6) is 5.75 Å². The second kappa shape index (κ2) is 8.12. The van der Waals surface area contributed by atoms with Crippen molar-refractivity contribution in [2.45, 2.75) is 37.0 Å². The predicted molar refractivity (Wildman–Crippen MR) is 114 cm³/mol. The van der Waals surface area contributed by atoms with E-state index in [4.69, 9.17) is 4.74 Å². The SMILES string of the molecule is CCN1CC(c2cc(F)ccc2S(=O)(=O)Nc2ccc3c(c2C(=O)O)OCCC3C)C1. The average Bonchev–Trinajstić information content (AvgIpc) is 2.66. The van der Waals surface area contributed by atoms with Gasteiger partial charge in [-0.05, 0) is 54.3 Å². The van der Waals surface area contributed by atoms with Gasteiger partial charge in [-0.2, -0.15) is 0 Å². The molecule has 0 amide bonds. The molecule has 31 heavy (non-hydrogen) atoms. The van der Waals surface area contributed by atoms with Gasteiger partial charge >= 0.3 is 5.97 Å². The second-order valence-electron chi connectivity index (χ2n) is 8.09. The Labute approximate surface area is 180 Å². The van der Waals surface area contributed by atoms with Crippen molar-refractivity contribution in [3.8, 4) is 5.75 Å². The Morgan fingerprint density at radius 2 is 2.00 bits per heavy atom. The van der Waals surface area contributed by atoms with Gasteiger partial charge < -0.3 is 14.7 Å². The minimum absolute atomic E-state index is 0.0435. The largest absolute Gasteiger partial charge is 0.492 e. The number of fused-ring (bicyclic) bond motifs is 1. The fourth-order valence-corrected chi connectivity index (χ4v) is 5.59. The van der Waals surface area contributed by atoms with Gasteiger partial charge in [0.15, 0.2) is 0 Å². The summed E-state index contributed by atoms with van der Waals surface area (Å²) in [4.78, 5) is 14.1. The average molecular weight is 449 g/mol. The molecule has 2 aromatic carbocycles. The number of likely N-dealkylation sites (tertiary alicyclic amines) is 1. The monoisotopic (exact) mass is 448 g/mol. The number of anilines is 1. The Kier molecular flexibility index (Phi) is 5.65. The third-order valence-corrected chi connectivity index (χ3v) is 7.52. The zero-order valence-electron chi connectivity index (χ0n) is 17.4. The molecule has 2 aliphatic rings. The summed E-state index contributed by atoms with van der Waals surface area (Å²) in [7, 11) is -4.16. The molecule has 9 heteroatoms. The van der Waals surface area contributed by atoms with E-state index in [0.29, 0.717) is 25.3 Å². The van der Waals surface area contributed by atoms with Gasteiger partial charge in [-0.3, -0.25) is 4.72 Å². The number of nitrogens with one attached hydrogen (secondary N) is 1. The van der Waals surface area contributed by atoms with E-state index in [-0.39, 0.29) is 33.7 Å². The number of carboxylic acids is 1. The Bertz CT molecular complexity index is 1130. The van der Waals surface area contributed by atoms with Crippen LogP contribution in [0.25, 0.3) is 0 Å². The zero-order chi connectivity index (χ0) is 22.3. The van der Waals surface area contributed by atoms with Gasteiger partial charge in [0, 0.05) is 19.0 Å². The normalized spacial score (nSPS) is 19.3. The zero-order valence-corrected chi connectivity index (χ0v) is 18.2. The van der Waals surface area contributed by atoms with Crippen molar-refractivity contribution in [3.63, 3.8) is 0 Å². The molecule has 1 fully saturated rings. The minimum atomic E-state index is -4.16. The Morgan fingerprint density at radius 1 is 1.26 bits per heavy atom. The quantitative estimate of drug-likeness (QED) is 0.701. The summed E-state index contributed by atoms with van der Waals surface area (Å²) < 4.78 is 48.5. The molecule has 2 aromatic rings. The molecule has 1 unspecified atom stereocenters. The molecular formula is C22H25FN2O5S. The Hall–Kier alpha value is -2.65. The highest BCUT2D eigenvalue weighted by Crippen LogP contribution is 2.40. The van der Waals surface area contributed by atoms with Crippen molar-refractivity contribution in [2.24, 2.45) is 0 Å². The van der Waals surface area contributed by atoms with E-state index >= 15 is 0 Å². The van der Waals surface area contributed by atoms with Gasteiger partial charge in [0.25, 0.3) is 10.0 Å². The number of carboxylic acid groups (broad SMARTS) is 1. The lowest BCUT2D eigenvalue weighted by atomic mass is 9.91. The number of halogens is 1. The topological polar surface area (TPSA) is 95.9 Å². The minimum Gasteiger partial charge on any atom is -0.492 e. The van der Waals surface area contributed by atoms with Crippen LogP contribution in [0.2, 0.25) is 0 Å². The summed E-state index contributed by atoms with van der Waals surface area (Å²) in [5.74, 6) is -1.58.